The fraction of sp³-hybridized carbons (Fsp3) is 0.350. The molecule has 0 spiro atoms. The number of carbonyl (C=O) groups is 2. The number of amides is 2. The first kappa shape index (κ1) is 20.1. The van der Waals surface area contributed by atoms with Gasteiger partial charge in [0.25, 0.3) is 11.8 Å². The number of hydrogen-bond donors (Lipinski definition) is 1. The highest BCUT2D eigenvalue weighted by atomic mass is 35.5. The zero-order valence-electron chi connectivity index (χ0n) is 15.5. The maximum Gasteiger partial charge on any atom is 0.255 e. The first-order chi connectivity index (χ1) is 13.5. The lowest BCUT2D eigenvalue weighted by Crippen LogP contribution is -2.46. The summed E-state index contributed by atoms with van der Waals surface area (Å²) in [5.74, 6) is -0.857. The van der Waals surface area contributed by atoms with Crippen LogP contribution < -0.4 is 10.1 Å². The van der Waals surface area contributed by atoms with Gasteiger partial charge in [-0.3, -0.25) is 9.59 Å². The van der Waals surface area contributed by atoms with Gasteiger partial charge >= 0.3 is 0 Å². The molecule has 0 unspecified atom stereocenters. The standard InChI is InChI=1S/C20H21ClFN3O3/c1-2-28-19-16(21)11-13(12-23-19)20(27)25-9-7-14(8-10-25)24-18(26)15-5-3-4-6-17(15)22/h3-6,11-12,14H,2,7-10H2,1H3,(H,24,26). The molecule has 1 fully saturated rings. The molecule has 0 aliphatic carbocycles. The third-order valence-corrected chi connectivity index (χ3v) is 4.84. The fourth-order valence-electron chi connectivity index (χ4n) is 3.10. The zero-order chi connectivity index (χ0) is 20.1. The molecule has 3 rings (SSSR count). The SMILES string of the molecule is CCOc1ncc(C(=O)N2CCC(NC(=O)c3ccccc3F)CC2)cc1Cl. The molecule has 1 aromatic carbocycles. The molecule has 0 atom stereocenters. The van der Waals surface area contributed by atoms with Crippen molar-refractivity contribution in [3.63, 3.8) is 0 Å². The maximum atomic E-state index is 13.7. The number of benzene rings is 1. The van der Waals surface area contributed by atoms with E-state index in [0.717, 1.165) is 0 Å². The molecule has 1 saturated heterocycles. The van der Waals surface area contributed by atoms with E-state index in [0.29, 0.717) is 49.0 Å². The number of nitrogens with one attached hydrogen (secondary N) is 1. The van der Waals surface area contributed by atoms with Crippen LogP contribution in [0, 0.1) is 5.82 Å². The van der Waals surface area contributed by atoms with Crippen LogP contribution in [0.5, 0.6) is 5.88 Å². The third-order valence-electron chi connectivity index (χ3n) is 4.57. The summed E-state index contributed by atoms with van der Waals surface area (Å²) in [5, 5.41) is 3.13. The molecular formula is C20H21ClFN3O3. The lowest BCUT2D eigenvalue weighted by molar-refractivity contribution is 0.0697. The Labute approximate surface area is 167 Å². The van der Waals surface area contributed by atoms with E-state index in [2.05, 4.69) is 10.3 Å². The minimum atomic E-state index is -0.549. The molecule has 8 heteroatoms. The number of pyridine rings is 1. The minimum Gasteiger partial charge on any atom is -0.477 e. The number of carbonyl (C=O) groups excluding carboxylic acids is 2. The largest absolute Gasteiger partial charge is 0.477 e. The number of aromatic nitrogens is 1. The molecule has 0 radical (unpaired) electrons. The molecule has 2 heterocycles. The Hall–Kier alpha value is -2.67. The van der Waals surface area contributed by atoms with Crippen molar-refractivity contribution in [1.29, 1.82) is 0 Å². The van der Waals surface area contributed by atoms with Gasteiger partial charge in [-0.05, 0) is 38.0 Å². The average Bonchev–Trinajstić information content (AvgIpc) is 2.70. The molecule has 1 aromatic heterocycles. The summed E-state index contributed by atoms with van der Waals surface area (Å²) in [6.45, 7) is 3.22. The predicted molar refractivity (Wildman–Crippen MR) is 103 cm³/mol. The molecule has 148 valence electrons. The monoisotopic (exact) mass is 405 g/mol. The highest BCUT2D eigenvalue weighted by Crippen LogP contribution is 2.24. The molecule has 1 aliphatic rings. The van der Waals surface area contributed by atoms with Gasteiger partial charge in [-0.2, -0.15) is 0 Å². The van der Waals surface area contributed by atoms with Gasteiger partial charge in [0.2, 0.25) is 5.88 Å². The van der Waals surface area contributed by atoms with E-state index in [1.54, 1.807) is 17.0 Å². The second-order valence-electron chi connectivity index (χ2n) is 6.46. The van der Waals surface area contributed by atoms with E-state index in [9.17, 15) is 14.0 Å². The van der Waals surface area contributed by atoms with Gasteiger partial charge in [0, 0.05) is 25.3 Å². The molecule has 1 aliphatic heterocycles. The van der Waals surface area contributed by atoms with Crippen molar-refractivity contribution in [2.45, 2.75) is 25.8 Å². The average molecular weight is 406 g/mol. The van der Waals surface area contributed by atoms with Crippen molar-refractivity contribution in [1.82, 2.24) is 15.2 Å². The zero-order valence-corrected chi connectivity index (χ0v) is 16.2. The van der Waals surface area contributed by atoms with Crippen molar-refractivity contribution >= 4 is 23.4 Å². The van der Waals surface area contributed by atoms with Gasteiger partial charge in [0.1, 0.15) is 10.8 Å². The van der Waals surface area contributed by atoms with Gasteiger partial charge in [-0.25, -0.2) is 9.37 Å². The van der Waals surface area contributed by atoms with E-state index in [1.165, 1.54) is 24.4 Å². The Balaban J connectivity index is 1.56. The smallest absolute Gasteiger partial charge is 0.255 e. The van der Waals surface area contributed by atoms with E-state index in [-0.39, 0.29) is 17.5 Å². The molecule has 2 amide bonds. The van der Waals surface area contributed by atoms with Gasteiger partial charge in [0.15, 0.2) is 0 Å². The van der Waals surface area contributed by atoms with Crippen LogP contribution in [0.2, 0.25) is 5.02 Å². The quantitative estimate of drug-likeness (QED) is 0.828. The third kappa shape index (κ3) is 4.59. The van der Waals surface area contributed by atoms with Gasteiger partial charge in [-0.15, -0.1) is 0 Å². The number of hydrogen-bond acceptors (Lipinski definition) is 4. The van der Waals surface area contributed by atoms with E-state index in [4.69, 9.17) is 16.3 Å². The number of halogens is 2. The second-order valence-corrected chi connectivity index (χ2v) is 6.87. The summed E-state index contributed by atoms with van der Waals surface area (Å²) >= 11 is 6.11. The van der Waals surface area contributed by atoms with Crippen LogP contribution in [0.3, 0.4) is 0 Å². The van der Waals surface area contributed by atoms with Crippen molar-refractivity contribution in [2.24, 2.45) is 0 Å². The van der Waals surface area contributed by atoms with Gasteiger partial charge < -0.3 is 15.0 Å². The van der Waals surface area contributed by atoms with Gasteiger partial charge in [-0.1, -0.05) is 23.7 Å². The first-order valence-corrected chi connectivity index (χ1v) is 9.50. The van der Waals surface area contributed by atoms with E-state index < -0.39 is 11.7 Å². The normalized spacial score (nSPS) is 14.6. The van der Waals surface area contributed by atoms with Crippen LogP contribution in [-0.2, 0) is 0 Å². The van der Waals surface area contributed by atoms with Crippen LogP contribution in [-0.4, -0.2) is 47.4 Å². The Morgan fingerprint density at radius 3 is 2.68 bits per heavy atom. The predicted octanol–water partition coefficient (Wildman–Crippen LogP) is 3.31. The van der Waals surface area contributed by atoms with Crippen LogP contribution in [0.25, 0.3) is 0 Å². The Bertz CT molecular complexity index is 870. The van der Waals surface area contributed by atoms with Crippen LogP contribution in [0.1, 0.15) is 40.5 Å². The highest BCUT2D eigenvalue weighted by molar-refractivity contribution is 6.32. The summed E-state index contributed by atoms with van der Waals surface area (Å²) in [7, 11) is 0. The number of likely N-dealkylation sites (tertiary alicyclic amines) is 1. The van der Waals surface area contributed by atoms with Crippen molar-refractivity contribution in [3.8, 4) is 5.88 Å². The molecule has 2 aromatic rings. The summed E-state index contributed by atoms with van der Waals surface area (Å²) in [6, 6.07) is 7.30. The Kier molecular flexibility index (Phi) is 6.46. The molecule has 6 nitrogen and oxygen atoms in total. The first-order valence-electron chi connectivity index (χ1n) is 9.12. The summed E-state index contributed by atoms with van der Waals surface area (Å²) in [6.07, 6.45) is 2.62. The lowest BCUT2D eigenvalue weighted by Gasteiger charge is -2.32. The van der Waals surface area contributed by atoms with Crippen LogP contribution >= 0.6 is 11.6 Å². The second kappa shape index (κ2) is 9.01. The van der Waals surface area contributed by atoms with Crippen molar-refractivity contribution in [3.05, 3.63) is 58.5 Å². The van der Waals surface area contributed by atoms with Crippen LogP contribution in [0.15, 0.2) is 36.5 Å². The highest BCUT2D eigenvalue weighted by Gasteiger charge is 2.26. The minimum absolute atomic E-state index is 0.0242. The van der Waals surface area contributed by atoms with Crippen LogP contribution in [0.4, 0.5) is 4.39 Å². The van der Waals surface area contributed by atoms with Crippen molar-refractivity contribution in [2.75, 3.05) is 19.7 Å². The maximum absolute atomic E-state index is 13.7. The summed E-state index contributed by atoms with van der Waals surface area (Å²) in [4.78, 5) is 30.7. The summed E-state index contributed by atoms with van der Waals surface area (Å²) < 4.78 is 19.0. The number of ether oxygens (including phenoxy) is 1. The van der Waals surface area contributed by atoms with E-state index in [1.807, 2.05) is 6.92 Å². The molecule has 1 N–H and O–H groups in total. The molecule has 28 heavy (non-hydrogen) atoms. The fourth-order valence-corrected chi connectivity index (χ4v) is 3.32. The lowest BCUT2D eigenvalue weighted by atomic mass is 10.0. The Morgan fingerprint density at radius 1 is 1.32 bits per heavy atom. The van der Waals surface area contributed by atoms with Crippen molar-refractivity contribution < 1.29 is 18.7 Å². The number of nitrogens with zero attached hydrogens (tertiary/aromatic N) is 2. The number of rotatable bonds is 5. The topological polar surface area (TPSA) is 71.5 Å². The van der Waals surface area contributed by atoms with Gasteiger partial charge in [0.05, 0.1) is 17.7 Å². The van der Waals surface area contributed by atoms with E-state index >= 15 is 0 Å². The summed E-state index contributed by atoms with van der Waals surface area (Å²) in [5.41, 5.74) is 0.415. The number of piperidine rings is 1. The Morgan fingerprint density at radius 2 is 2.04 bits per heavy atom. The molecule has 0 saturated carbocycles. The molecular weight excluding hydrogens is 385 g/mol. The molecule has 0 bridgehead atoms.